The van der Waals surface area contributed by atoms with Crippen molar-refractivity contribution in [3.05, 3.63) is 33.4 Å². The van der Waals surface area contributed by atoms with Crippen molar-refractivity contribution in [1.82, 2.24) is 10.2 Å². The molecule has 1 aromatic carbocycles. The summed E-state index contributed by atoms with van der Waals surface area (Å²) in [6.45, 7) is 0.661. The number of piperazine rings is 1. The topological polar surface area (TPSA) is 49.4 Å². The average Bonchev–Trinajstić information content (AvgIpc) is 2.51. The number of carbonyl (C=O) groups is 2. The third-order valence-corrected chi connectivity index (χ3v) is 5.29. The number of benzene rings is 1. The van der Waals surface area contributed by atoms with Crippen LogP contribution in [0.3, 0.4) is 0 Å². The van der Waals surface area contributed by atoms with Gasteiger partial charge in [-0.2, -0.15) is 0 Å². The molecule has 0 unspecified atom stereocenters. The first-order valence-corrected chi connectivity index (χ1v) is 8.53. The summed E-state index contributed by atoms with van der Waals surface area (Å²) in [6, 6.07) is 8.16. The fraction of sp³-hybridized carbons (Fsp3) is 0.500. The van der Waals surface area contributed by atoms with Crippen LogP contribution in [-0.2, 0) is 16.1 Å². The summed E-state index contributed by atoms with van der Waals surface area (Å²) in [5.41, 5.74) is 0.472. The van der Waals surface area contributed by atoms with Gasteiger partial charge in [0.15, 0.2) is 0 Å². The van der Waals surface area contributed by atoms with E-state index in [0.29, 0.717) is 6.54 Å². The summed E-state index contributed by atoms with van der Waals surface area (Å²) in [5.74, 6) is 0.0716. The molecule has 1 N–H and O–H groups in total. The van der Waals surface area contributed by atoms with Crippen LogP contribution in [0, 0.1) is 3.57 Å². The Morgan fingerprint density at radius 3 is 2.43 bits per heavy atom. The lowest BCUT2D eigenvalue weighted by Gasteiger charge is -2.48. The molecule has 1 aliphatic heterocycles. The highest BCUT2D eigenvalue weighted by Crippen LogP contribution is 2.36. The first-order valence-electron chi connectivity index (χ1n) is 7.45. The van der Waals surface area contributed by atoms with Crippen LogP contribution in [-0.4, -0.2) is 28.8 Å². The summed E-state index contributed by atoms with van der Waals surface area (Å²) in [4.78, 5) is 26.7. The van der Waals surface area contributed by atoms with Gasteiger partial charge >= 0.3 is 0 Å². The molecule has 0 bridgehead atoms. The van der Waals surface area contributed by atoms with E-state index in [4.69, 9.17) is 0 Å². The van der Waals surface area contributed by atoms with Crippen molar-refractivity contribution in [2.75, 3.05) is 6.54 Å². The number of carbonyl (C=O) groups excluding carboxylic acids is 2. The monoisotopic (exact) mass is 398 g/mol. The maximum Gasteiger partial charge on any atom is 0.246 e. The van der Waals surface area contributed by atoms with Gasteiger partial charge in [0.1, 0.15) is 5.54 Å². The van der Waals surface area contributed by atoms with Crippen molar-refractivity contribution in [2.24, 2.45) is 0 Å². The largest absolute Gasteiger partial charge is 0.345 e. The first kappa shape index (κ1) is 14.8. The molecule has 112 valence electrons. The highest BCUT2D eigenvalue weighted by Gasteiger charge is 2.49. The van der Waals surface area contributed by atoms with Gasteiger partial charge in [0.2, 0.25) is 11.8 Å². The molecule has 4 nitrogen and oxygen atoms in total. The van der Waals surface area contributed by atoms with Gasteiger partial charge < -0.3 is 10.2 Å². The highest BCUT2D eigenvalue weighted by atomic mass is 127. The molecule has 2 amide bonds. The van der Waals surface area contributed by atoms with Gasteiger partial charge in [0.25, 0.3) is 0 Å². The van der Waals surface area contributed by atoms with Crippen LogP contribution in [0.2, 0.25) is 0 Å². The molecule has 1 aliphatic carbocycles. The average molecular weight is 398 g/mol. The molecule has 1 heterocycles. The van der Waals surface area contributed by atoms with Gasteiger partial charge in [-0.3, -0.25) is 9.59 Å². The zero-order chi connectivity index (χ0) is 14.9. The fourth-order valence-electron chi connectivity index (χ4n) is 3.42. The lowest BCUT2D eigenvalue weighted by atomic mass is 9.78. The Morgan fingerprint density at radius 1 is 1.10 bits per heavy atom. The number of hydrogen-bond donors (Lipinski definition) is 1. The molecule has 5 heteroatoms. The van der Waals surface area contributed by atoms with Crippen molar-refractivity contribution in [3.8, 4) is 0 Å². The van der Waals surface area contributed by atoms with Crippen LogP contribution in [0.1, 0.15) is 37.7 Å². The van der Waals surface area contributed by atoms with Crippen LogP contribution in [0.15, 0.2) is 24.3 Å². The number of amides is 2. The second-order valence-corrected chi connectivity index (χ2v) is 7.13. The smallest absolute Gasteiger partial charge is 0.246 e. The van der Waals surface area contributed by atoms with Crippen molar-refractivity contribution in [3.63, 3.8) is 0 Å². The normalized spacial score (nSPS) is 21.5. The predicted octanol–water partition coefficient (Wildman–Crippen LogP) is 2.45. The lowest BCUT2D eigenvalue weighted by Crippen LogP contribution is -2.67. The van der Waals surface area contributed by atoms with Crippen LogP contribution in [0.25, 0.3) is 0 Å². The molecule has 1 saturated heterocycles. The Balaban J connectivity index is 1.89. The Hall–Kier alpha value is -1.11. The molecule has 0 radical (unpaired) electrons. The quantitative estimate of drug-likeness (QED) is 0.779. The zero-order valence-electron chi connectivity index (χ0n) is 11.9. The molecule has 0 aromatic heterocycles. The lowest BCUT2D eigenvalue weighted by molar-refractivity contribution is -0.157. The van der Waals surface area contributed by atoms with E-state index in [1.807, 2.05) is 29.2 Å². The Bertz CT molecular complexity index is 550. The molecule has 0 atom stereocenters. The molecular formula is C16H19IN2O2. The Labute approximate surface area is 138 Å². The van der Waals surface area contributed by atoms with E-state index >= 15 is 0 Å². The summed E-state index contributed by atoms with van der Waals surface area (Å²) in [7, 11) is 0. The minimum Gasteiger partial charge on any atom is -0.345 e. The molecule has 1 aromatic rings. The van der Waals surface area contributed by atoms with E-state index in [1.165, 1.54) is 3.57 Å². The minimum absolute atomic E-state index is 0.0345. The summed E-state index contributed by atoms with van der Waals surface area (Å²) in [5, 5.41) is 2.79. The third-order valence-electron chi connectivity index (χ3n) is 4.58. The second kappa shape index (κ2) is 5.94. The fourth-order valence-corrected chi connectivity index (χ4v) is 3.78. The first-order chi connectivity index (χ1) is 10.1. The molecule has 2 fully saturated rings. The van der Waals surface area contributed by atoms with Crippen LogP contribution in [0.4, 0.5) is 0 Å². The van der Waals surface area contributed by atoms with Gasteiger partial charge in [-0.05, 0) is 53.1 Å². The number of rotatable bonds is 2. The van der Waals surface area contributed by atoms with Crippen LogP contribution in [0.5, 0.6) is 0 Å². The number of halogens is 1. The molecular weight excluding hydrogens is 379 g/mol. The van der Waals surface area contributed by atoms with Crippen LogP contribution >= 0.6 is 22.6 Å². The maximum absolute atomic E-state index is 12.5. The van der Waals surface area contributed by atoms with Crippen LogP contribution < -0.4 is 5.32 Å². The van der Waals surface area contributed by atoms with Gasteiger partial charge in [0.05, 0.1) is 6.54 Å². The second-order valence-electron chi connectivity index (χ2n) is 5.88. The van der Waals surface area contributed by atoms with Crippen molar-refractivity contribution in [1.29, 1.82) is 0 Å². The van der Waals surface area contributed by atoms with Gasteiger partial charge in [0, 0.05) is 10.1 Å². The van der Waals surface area contributed by atoms with E-state index in [0.717, 1.165) is 37.7 Å². The predicted molar refractivity (Wildman–Crippen MR) is 88.5 cm³/mol. The summed E-state index contributed by atoms with van der Waals surface area (Å²) < 4.78 is 1.17. The van der Waals surface area contributed by atoms with E-state index in [1.54, 1.807) is 0 Å². The Morgan fingerprint density at radius 2 is 1.76 bits per heavy atom. The molecule has 2 aliphatic rings. The van der Waals surface area contributed by atoms with E-state index in [-0.39, 0.29) is 18.4 Å². The van der Waals surface area contributed by atoms with Crippen molar-refractivity contribution in [2.45, 2.75) is 44.2 Å². The standard InChI is InChI=1S/C16H19IN2O2/c17-13-6-4-12(5-7-13)11-19-14(20)10-18-15(21)16(19)8-2-1-3-9-16/h4-7H,1-3,8-11H2,(H,18,21). The van der Waals surface area contributed by atoms with E-state index in [9.17, 15) is 9.59 Å². The van der Waals surface area contributed by atoms with Gasteiger partial charge in [-0.25, -0.2) is 0 Å². The number of nitrogens with one attached hydrogen (secondary N) is 1. The van der Waals surface area contributed by atoms with Gasteiger partial charge in [-0.1, -0.05) is 31.4 Å². The van der Waals surface area contributed by atoms with E-state index in [2.05, 4.69) is 27.9 Å². The van der Waals surface area contributed by atoms with E-state index < -0.39 is 5.54 Å². The molecule has 1 spiro atoms. The third kappa shape index (κ3) is 2.80. The zero-order valence-corrected chi connectivity index (χ0v) is 14.1. The van der Waals surface area contributed by atoms with Crippen molar-refractivity contribution < 1.29 is 9.59 Å². The maximum atomic E-state index is 12.5. The number of hydrogen-bond acceptors (Lipinski definition) is 2. The summed E-state index contributed by atoms with van der Waals surface area (Å²) in [6.07, 6.45) is 4.76. The molecule has 1 saturated carbocycles. The van der Waals surface area contributed by atoms with Gasteiger partial charge in [-0.15, -0.1) is 0 Å². The highest BCUT2D eigenvalue weighted by molar-refractivity contribution is 14.1. The molecule has 3 rings (SSSR count). The minimum atomic E-state index is -0.615. The van der Waals surface area contributed by atoms with Crippen molar-refractivity contribution >= 4 is 34.4 Å². The molecule has 21 heavy (non-hydrogen) atoms. The Kier molecular flexibility index (Phi) is 4.19. The SMILES string of the molecule is O=C1CNC(=O)C2(CCCCC2)N1Cc1ccc(I)cc1. The summed E-state index contributed by atoms with van der Waals surface area (Å²) >= 11 is 2.27. The number of nitrogens with zero attached hydrogens (tertiary/aromatic N) is 1.